The molecule has 0 fully saturated rings. The third-order valence-corrected chi connectivity index (χ3v) is 12.7. The summed E-state index contributed by atoms with van der Waals surface area (Å²) in [7, 11) is 5.65. The molecule has 0 aliphatic rings. The summed E-state index contributed by atoms with van der Waals surface area (Å²) in [5, 5.41) is 5.38. The highest BCUT2D eigenvalue weighted by Gasteiger charge is 2.08. The van der Waals surface area contributed by atoms with E-state index in [1.807, 2.05) is 38.2 Å². The Bertz CT molecular complexity index is 957. The standard InChI is InChI=1S/C23H42N4O2S.C18H38O.C12H26O/c1-26-20-15-23(25-26)30-24-16-14-19-27(17-10-6-2-4-8-12-21-28)18-11-7-3-5-9-13-22-29;1-4-6-8-10-12-14-16-18(19-3)17-15-13-11-9-7-5-2;1-4-6-7-8-9-10-11-12(5-2)13-3/h15,20-22,24H,2-14,16-19H2,1H3;18H,4-17H2,1-3H3;12H,4-11H2,1-3H3. The topological polar surface area (TPSA) is 85.7 Å². The number of rotatable bonds is 46. The molecule has 62 heavy (non-hydrogen) atoms. The van der Waals surface area contributed by atoms with Gasteiger partial charge in [-0.05, 0) is 95.4 Å². The molecule has 1 rings (SSSR count). The number of aryl methyl sites for hydroxylation is 1. The molecule has 8 nitrogen and oxygen atoms in total. The number of aromatic nitrogens is 2. The Morgan fingerprint density at radius 1 is 0.565 bits per heavy atom. The highest BCUT2D eigenvalue weighted by atomic mass is 32.2. The molecule has 0 amide bonds. The Hall–Kier alpha value is -1.26. The minimum atomic E-state index is 0.506. The maximum absolute atomic E-state index is 10.4. The van der Waals surface area contributed by atoms with E-state index in [-0.39, 0.29) is 0 Å². The largest absolute Gasteiger partial charge is 0.381 e. The molecule has 0 spiro atoms. The van der Waals surface area contributed by atoms with E-state index in [1.54, 1.807) is 11.9 Å². The second-order valence-corrected chi connectivity index (χ2v) is 18.7. The van der Waals surface area contributed by atoms with Crippen molar-refractivity contribution in [3.8, 4) is 0 Å². The SMILES string of the molecule is CCCCCCCCC(CC)OC.CCCCCCCCC(CCCCCCCC)OC.Cn1ccc(SNCCCN(CCCCCCCC=O)CCCCCCCC=O)n1. The van der Waals surface area contributed by atoms with Gasteiger partial charge in [0.25, 0.3) is 0 Å². The van der Waals surface area contributed by atoms with Gasteiger partial charge in [0.2, 0.25) is 0 Å². The average molecular weight is 896 g/mol. The molecule has 0 bridgehead atoms. The van der Waals surface area contributed by atoms with E-state index in [1.165, 1.54) is 199 Å². The van der Waals surface area contributed by atoms with Gasteiger partial charge in [-0.15, -0.1) is 0 Å². The van der Waals surface area contributed by atoms with Gasteiger partial charge in [0.1, 0.15) is 17.6 Å². The molecule has 0 saturated heterocycles. The molecule has 1 heterocycles. The van der Waals surface area contributed by atoms with E-state index in [4.69, 9.17) is 9.47 Å². The van der Waals surface area contributed by atoms with Crippen molar-refractivity contribution in [3.63, 3.8) is 0 Å². The van der Waals surface area contributed by atoms with Gasteiger partial charge in [-0.2, -0.15) is 5.10 Å². The molecular formula is C53H106N4O4S. The highest BCUT2D eigenvalue weighted by Crippen LogP contribution is 2.17. The minimum Gasteiger partial charge on any atom is -0.381 e. The summed E-state index contributed by atoms with van der Waals surface area (Å²) in [5.41, 5.74) is 0. The van der Waals surface area contributed by atoms with Crippen LogP contribution in [0.2, 0.25) is 0 Å². The smallest absolute Gasteiger partial charge is 0.133 e. The van der Waals surface area contributed by atoms with E-state index in [0.717, 1.165) is 56.4 Å². The molecule has 0 saturated carbocycles. The summed E-state index contributed by atoms with van der Waals surface area (Å²) < 4.78 is 16.2. The molecule has 1 aromatic heterocycles. The molecule has 0 aromatic carbocycles. The summed E-state index contributed by atoms with van der Waals surface area (Å²) >= 11 is 1.60. The molecule has 0 radical (unpaired) electrons. The second kappa shape index (κ2) is 54.1. The monoisotopic (exact) mass is 895 g/mol. The molecule has 1 aromatic rings. The van der Waals surface area contributed by atoms with Crippen LogP contribution in [0.25, 0.3) is 0 Å². The van der Waals surface area contributed by atoms with Crippen molar-refractivity contribution in [3.05, 3.63) is 12.3 Å². The first-order valence-electron chi connectivity index (χ1n) is 26.5. The number of hydrogen-bond donors (Lipinski definition) is 1. The zero-order valence-corrected chi connectivity index (χ0v) is 43.2. The third kappa shape index (κ3) is 48.2. The van der Waals surface area contributed by atoms with Crippen LogP contribution in [0.15, 0.2) is 17.3 Å². The van der Waals surface area contributed by atoms with E-state index < -0.39 is 0 Å². The average Bonchev–Trinajstić information content (AvgIpc) is 3.71. The van der Waals surface area contributed by atoms with Crippen LogP contribution in [-0.2, 0) is 26.1 Å². The van der Waals surface area contributed by atoms with Crippen LogP contribution < -0.4 is 4.72 Å². The van der Waals surface area contributed by atoms with E-state index in [9.17, 15) is 9.59 Å². The quantitative estimate of drug-likeness (QED) is 0.0393. The zero-order chi connectivity index (χ0) is 45.8. The van der Waals surface area contributed by atoms with Crippen molar-refractivity contribution in [1.82, 2.24) is 19.4 Å². The van der Waals surface area contributed by atoms with Crippen LogP contribution in [0.3, 0.4) is 0 Å². The maximum Gasteiger partial charge on any atom is 0.133 e. The number of methoxy groups -OCH3 is 2. The van der Waals surface area contributed by atoms with E-state index in [2.05, 4.69) is 42.4 Å². The normalized spacial score (nSPS) is 11.7. The fourth-order valence-electron chi connectivity index (χ4n) is 7.80. The lowest BCUT2D eigenvalue weighted by Gasteiger charge is -2.22. The number of nitrogens with zero attached hydrogens (tertiary/aromatic N) is 3. The summed E-state index contributed by atoms with van der Waals surface area (Å²) in [6.45, 7) is 13.5. The van der Waals surface area contributed by atoms with Crippen LogP contribution in [0, 0.1) is 0 Å². The fourth-order valence-corrected chi connectivity index (χ4v) is 8.49. The van der Waals surface area contributed by atoms with Crippen molar-refractivity contribution in [2.75, 3.05) is 40.4 Å². The highest BCUT2D eigenvalue weighted by molar-refractivity contribution is 7.97. The molecule has 9 heteroatoms. The van der Waals surface area contributed by atoms with Crippen LogP contribution in [0.1, 0.15) is 252 Å². The van der Waals surface area contributed by atoms with Crippen LogP contribution in [0.4, 0.5) is 0 Å². The summed E-state index contributed by atoms with van der Waals surface area (Å²) in [4.78, 5) is 23.4. The van der Waals surface area contributed by atoms with Gasteiger partial charge in [-0.1, -0.05) is 182 Å². The van der Waals surface area contributed by atoms with Gasteiger partial charge in [0, 0.05) is 46.9 Å². The lowest BCUT2D eigenvalue weighted by atomic mass is 10.0. The van der Waals surface area contributed by atoms with Crippen molar-refractivity contribution >= 4 is 24.5 Å². The Labute approximate surface area is 390 Å². The van der Waals surface area contributed by atoms with Crippen molar-refractivity contribution in [2.24, 2.45) is 7.05 Å². The van der Waals surface area contributed by atoms with Crippen LogP contribution >= 0.6 is 11.9 Å². The first kappa shape index (κ1) is 62.8. The van der Waals surface area contributed by atoms with E-state index >= 15 is 0 Å². The molecule has 0 aliphatic heterocycles. The second-order valence-electron chi connectivity index (χ2n) is 17.8. The van der Waals surface area contributed by atoms with Crippen LogP contribution in [0.5, 0.6) is 0 Å². The van der Waals surface area contributed by atoms with Gasteiger partial charge in [-0.25, -0.2) is 0 Å². The Morgan fingerprint density at radius 2 is 0.952 bits per heavy atom. The molecule has 1 unspecified atom stereocenters. The minimum absolute atomic E-state index is 0.506. The molecule has 0 aliphatic carbocycles. The Kier molecular flexibility index (Phi) is 54.8. The summed E-state index contributed by atoms with van der Waals surface area (Å²) in [6, 6.07) is 2.02. The van der Waals surface area contributed by atoms with Crippen molar-refractivity contribution < 1.29 is 19.1 Å². The molecule has 1 atom stereocenters. The maximum atomic E-state index is 10.4. The lowest BCUT2D eigenvalue weighted by Crippen LogP contribution is -2.29. The first-order chi connectivity index (χ1) is 30.4. The number of hydrogen-bond acceptors (Lipinski definition) is 8. The van der Waals surface area contributed by atoms with Gasteiger partial charge in [0.05, 0.1) is 12.2 Å². The number of nitrogens with one attached hydrogen (secondary N) is 1. The number of ether oxygens (including phenoxy) is 2. The fraction of sp³-hybridized carbons (Fsp3) is 0.906. The summed E-state index contributed by atoms with van der Waals surface area (Å²) in [6.07, 6.45) is 49.5. The van der Waals surface area contributed by atoms with Crippen molar-refractivity contribution in [1.29, 1.82) is 0 Å². The number of carbonyl (C=O) groups is 2. The van der Waals surface area contributed by atoms with Gasteiger partial charge in [-0.3, -0.25) is 9.40 Å². The zero-order valence-electron chi connectivity index (χ0n) is 42.4. The molecule has 368 valence electrons. The number of aldehydes is 2. The van der Waals surface area contributed by atoms with E-state index in [0.29, 0.717) is 25.0 Å². The predicted octanol–water partition coefficient (Wildman–Crippen LogP) is 15.5. The Balaban J connectivity index is 0. The molecular weight excluding hydrogens is 789 g/mol. The third-order valence-electron chi connectivity index (χ3n) is 12.0. The Morgan fingerprint density at radius 3 is 1.34 bits per heavy atom. The first-order valence-corrected chi connectivity index (χ1v) is 27.3. The number of unbranched alkanes of at least 4 members (excludes halogenated alkanes) is 25. The summed E-state index contributed by atoms with van der Waals surface area (Å²) in [5.74, 6) is 0. The predicted molar refractivity (Wildman–Crippen MR) is 272 cm³/mol. The molecule has 1 N–H and O–H groups in total. The van der Waals surface area contributed by atoms with Gasteiger partial charge >= 0.3 is 0 Å². The van der Waals surface area contributed by atoms with Gasteiger partial charge in [0.15, 0.2) is 0 Å². The van der Waals surface area contributed by atoms with Crippen molar-refractivity contribution in [2.45, 2.75) is 270 Å². The van der Waals surface area contributed by atoms with Crippen LogP contribution in [-0.4, -0.2) is 79.9 Å². The lowest BCUT2D eigenvalue weighted by molar-refractivity contribution is -0.108. The number of carbonyl (C=O) groups excluding carboxylic acids is 2. The van der Waals surface area contributed by atoms with Gasteiger partial charge < -0.3 is 24.0 Å².